The normalized spacial score (nSPS) is 38.9. The fourth-order valence-corrected chi connectivity index (χ4v) is 3.51. The van der Waals surface area contributed by atoms with Gasteiger partial charge >= 0.3 is 0 Å². The minimum atomic E-state index is -0.365. The lowest BCUT2D eigenvalue weighted by Gasteiger charge is -2.21. The Morgan fingerprint density at radius 2 is 2.31 bits per heavy atom. The van der Waals surface area contributed by atoms with E-state index in [2.05, 4.69) is 16.9 Å². The zero-order chi connectivity index (χ0) is 11.5. The topological polar surface area (TPSA) is 61.4 Å². The van der Waals surface area contributed by atoms with Crippen LogP contribution in [-0.4, -0.2) is 47.3 Å². The summed E-state index contributed by atoms with van der Waals surface area (Å²) < 4.78 is 0. The van der Waals surface area contributed by atoms with Crippen molar-refractivity contribution in [2.45, 2.75) is 49.1 Å². The molecule has 1 amide bonds. The summed E-state index contributed by atoms with van der Waals surface area (Å²) in [6, 6.07) is 0.125. The first kappa shape index (κ1) is 12.2. The fraction of sp³-hybridized carbons (Fsp3) is 0.909. The molecule has 0 bridgehead atoms. The SMILES string of the molecule is CSC1CCCC1NC(=O)C1CC(O)CN1. The highest BCUT2D eigenvalue weighted by Crippen LogP contribution is 2.28. The third kappa shape index (κ3) is 2.70. The molecule has 2 fully saturated rings. The molecule has 1 saturated carbocycles. The number of aliphatic hydroxyl groups excluding tert-OH is 1. The minimum absolute atomic E-state index is 0.0579. The largest absolute Gasteiger partial charge is 0.392 e. The predicted octanol–water partition coefficient (Wildman–Crippen LogP) is 0.110. The van der Waals surface area contributed by atoms with E-state index < -0.39 is 0 Å². The number of hydrogen-bond acceptors (Lipinski definition) is 4. The second kappa shape index (κ2) is 5.38. The van der Waals surface area contributed by atoms with E-state index in [-0.39, 0.29) is 18.1 Å². The first-order valence-corrected chi connectivity index (χ1v) is 7.24. The number of carbonyl (C=O) groups is 1. The molecule has 2 rings (SSSR count). The standard InChI is InChI=1S/C11H20N2O2S/c1-16-10-4-2-3-8(10)13-11(15)9-5-7(14)6-12-9/h7-10,12,14H,2-6H2,1H3,(H,13,15). The van der Waals surface area contributed by atoms with Gasteiger partial charge in [-0.1, -0.05) is 6.42 Å². The van der Waals surface area contributed by atoms with E-state index in [1.54, 1.807) is 0 Å². The van der Waals surface area contributed by atoms with E-state index in [1.165, 1.54) is 12.8 Å². The van der Waals surface area contributed by atoms with Crippen LogP contribution in [0.4, 0.5) is 0 Å². The molecule has 4 unspecified atom stereocenters. The highest BCUT2D eigenvalue weighted by Gasteiger charge is 2.32. The molecule has 3 N–H and O–H groups in total. The van der Waals surface area contributed by atoms with Gasteiger partial charge in [-0.25, -0.2) is 0 Å². The number of β-amino-alcohol motifs (C(OH)–C–C–N with tert-alkyl or cyclic N) is 1. The van der Waals surface area contributed by atoms with Gasteiger partial charge in [-0.05, 0) is 25.5 Å². The van der Waals surface area contributed by atoms with Crippen LogP contribution in [0.15, 0.2) is 0 Å². The van der Waals surface area contributed by atoms with Crippen LogP contribution in [-0.2, 0) is 4.79 Å². The highest BCUT2D eigenvalue weighted by molar-refractivity contribution is 7.99. The third-order valence-corrected chi connectivity index (χ3v) is 4.68. The van der Waals surface area contributed by atoms with Crippen molar-refractivity contribution >= 4 is 17.7 Å². The molecule has 1 aliphatic heterocycles. The Labute approximate surface area is 101 Å². The van der Waals surface area contributed by atoms with Crippen molar-refractivity contribution < 1.29 is 9.90 Å². The van der Waals surface area contributed by atoms with Crippen LogP contribution in [0, 0.1) is 0 Å². The van der Waals surface area contributed by atoms with Crippen LogP contribution in [0.25, 0.3) is 0 Å². The van der Waals surface area contributed by atoms with Gasteiger partial charge in [0.15, 0.2) is 0 Å². The molecule has 0 aromatic heterocycles. The molecule has 1 saturated heterocycles. The van der Waals surface area contributed by atoms with Crippen molar-refractivity contribution in [2.24, 2.45) is 0 Å². The second-order valence-corrected chi connectivity index (χ2v) is 5.75. The van der Waals surface area contributed by atoms with Crippen LogP contribution >= 0.6 is 11.8 Å². The molecular formula is C11H20N2O2S. The number of nitrogens with one attached hydrogen (secondary N) is 2. The minimum Gasteiger partial charge on any atom is -0.392 e. The van der Waals surface area contributed by atoms with Gasteiger partial charge in [0.25, 0.3) is 0 Å². The quantitative estimate of drug-likeness (QED) is 0.659. The van der Waals surface area contributed by atoms with Gasteiger partial charge in [0.1, 0.15) is 0 Å². The van der Waals surface area contributed by atoms with Crippen molar-refractivity contribution in [3.8, 4) is 0 Å². The van der Waals surface area contributed by atoms with E-state index >= 15 is 0 Å². The van der Waals surface area contributed by atoms with Crippen LogP contribution in [0.1, 0.15) is 25.7 Å². The molecule has 4 atom stereocenters. The fourth-order valence-electron chi connectivity index (χ4n) is 2.57. The van der Waals surface area contributed by atoms with E-state index in [9.17, 15) is 9.90 Å². The van der Waals surface area contributed by atoms with Crippen molar-refractivity contribution in [3.05, 3.63) is 0 Å². The summed E-state index contributed by atoms with van der Waals surface area (Å²) >= 11 is 1.84. The molecule has 1 heterocycles. The monoisotopic (exact) mass is 244 g/mol. The van der Waals surface area contributed by atoms with Gasteiger partial charge in [0.2, 0.25) is 5.91 Å². The third-order valence-electron chi connectivity index (χ3n) is 3.51. The average Bonchev–Trinajstić information content (AvgIpc) is 2.86. The van der Waals surface area contributed by atoms with Crippen molar-refractivity contribution in [1.82, 2.24) is 10.6 Å². The van der Waals surface area contributed by atoms with E-state index in [0.29, 0.717) is 24.3 Å². The van der Waals surface area contributed by atoms with Gasteiger partial charge < -0.3 is 15.7 Å². The zero-order valence-electron chi connectivity index (χ0n) is 9.61. The second-order valence-electron chi connectivity index (χ2n) is 4.67. The number of carbonyl (C=O) groups excluding carboxylic acids is 1. The molecule has 4 nitrogen and oxygen atoms in total. The van der Waals surface area contributed by atoms with E-state index in [0.717, 1.165) is 6.42 Å². The summed E-state index contributed by atoms with van der Waals surface area (Å²) in [5.41, 5.74) is 0. The summed E-state index contributed by atoms with van der Waals surface area (Å²) in [5.74, 6) is 0.0579. The Bertz CT molecular complexity index is 262. The lowest BCUT2D eigenvalue weighted by molar-refractivity contribution is -0.123. The lowest BCUT2D eigenvalue weighted by atomic mass is 10.1. The molecule has 16 heavy (non-hydrogen) atoms. The number of rotatable bonds is 3. The van der Waals surface area contributed by atoms with E-state index in [1.807, 2.05) is 11.8 Å². The van der Waals surface area contributed by atoms with Gasteiger partial charge in [0, 0.05) is 17.8 Å². The Morgan fingerprint density at radius 3 is 2.94 bits per heavy atom. The van der Waals surface area contributed by atoms with Crippen LogP contribution < -0.4 is 10.6 Å². The number of amides is 1. The van der Waals surface area contributed by atoms with Crippen LogP contribution in [0.3, 0.4) is 0 Å². The Morgan fingerprint density at radius 1 is 1.50 bits per heavy atom. The molecule has 2 aliphatic rings. The van der Waals surface area contributed by atoms with Crippen LogP contribution in [0.5, 0.6) is 0 Å². The number of aliphatic hydroxyl groups is 1. The van der Waals surface area contributed by atoms with Crippen LogP contribution in [0.2, 0.25) is 0 Å². The Hall–Kier alpha value is -0.260. The van der Waals surface area contributed by atoms with Gasteiger partial charge in [0.05, 0.1) is 12.1 Å². The number of thioether (sulfide) groups is 1. The maximum atomic E-state index is 11.9. The molecule has 0 radical (unpaired) electrons. The first-order valence-electron chi connectivity index (χ1n) is 5.95. The molecule has 0 spiro atoms. The summed E-state index contributed by atoms with van der Waals surface area (Å²) in [5, 5.41) is 16.1. The number of hydrogen-bond donors (Lipinski definition) is 3. The van der Waals surface area contributed by atoms with Crippen molar-refractivity contribution in [3.63, 3.8) is 0 Å². The predicted molar refractivity (Wildman–Crippen MR) is 65.5 cm³/mol. The molecule has 1 aliphatic carbocycles. The zero-order valence-corrected chi connectivity index (χ0v) is 10.4. The maximum absolute atomic E-state index is 11.9. The van der Waals surface area contributed by atoms with E-state index in [4.69, 9.17) is 0 Å². The molecular weight excluding hydrogens is 224 g/mol. The summed E-state index contributed by atoms with van der Waals surface area (Å²) in [4.78, 5) is 11.9. The van der Waals surface area contributed by atoms with Gasteiger partial charge in [-0.3, -0.25) is 4.79 Å². The molecule has 0 aromatic rings. The molecule has 5 heteroatoms. The lowest BCUT2D eigenvalue weighted by Crippen LogP contribution is -2.47. The summed E-state index contributed by atoms with van der Waals surface area (Å²) in [6.07, 6.45) is 5.78. The smallest absolute Gasteiger partial charge is 0.237 e. The highest BCUT2D eigenvalue weighted by atomic mass is 32.2. The molecule has 0 aromatic carbocycles. The first-order chi connectivity index (χ1) is 7.70. The average molecular weight is 244 g/mol. The van der Waals surface area contributed by atoms with Gasteiger partial charge in [-0.15, -0.1) is 0 Å². The van der Waals surface area contributed by atoms with Crippen molar-refractivity contribution in [1.29, 1.82) is 0 Å². The maximum Gasteiger partial charge on any atom is 0.237 e. The summed E-state index contributed by atoms with van der Waals surface area (Å²) in [7, 11) is 0. The van der Waals surface area contributed by atoms with Gasteiger partial charge in [-0.2, -0.15) is 11.8 Å². The van der Waals surface area contributed by atoms with Crippen molar-refractivity contribution in [2.75, 3.05) is 12.8 Å². The Kier molecular flexibility index (Phi) is 4.10. The summed E-state index contributed by atoms with van der Waals surface area (Å²) in [6.45, 7) is 0.536. The Balaban J connectivity index is 1.82. The molecule has 92 valence electrons.